The SMILES string of the molecule is C[C@@H]1CN(C(=O)c2csc3nc(-c4cccc(C(F)(F)F)c4)cn23)CCN1C. The van der Waals surface area contributed by atoms with Gasteiger partial charge in [-0.1, -0.05) is 12.1 Å². The molecular formula is C19H19F3N4OS. The van der Waals surface area contributed by atoms with E-state index < -0.39 is 11.7 Å². The minimum atomic E-state index is -4.41. The Morgan fingerprint density at radius 2 is 2.07 bits per heavy atom. The zero-order valence-corrected chi connectivity index (χ0v) is 16.2. The van der Waals surface area contributed by atoms with E-state index in [-0.39, 0.29) is 11.9 Å². The monoisotopic (exact) mass is 408 g/mol. The number of hydrogen-bond acceptors (Lipinski definition) is 4. The van der Waals surface area contributed by atoms with Crippen LogP contribution in [-0.4, -0.2) is 57.8 Å². The largest absolute Gasteiger partial charge is 0.416 e. The van der Waals surface area contributed by atoms with Gasteiger partial charge in [0.15, 0.2) is 4.96 Å². The van der Waals surface area contributed by atoms with Crippen molar-refractivity contribution in [3.05, 3.63) is 47.1 Å². The van der Waals surface area contributed by atoms with Gasteiger partial charge >= 0.3 is 6.18 Å². The third-order valence-corrected chi connectivity index (χ3v) is 6.00. The van der Waals surface area contributed by atoms with Crippen molar-refractivity contribution in [1.82, 2.24) is 19.2 Å². The first kappa shape index (κ1) is 18.9. The van der Waals surface area contributed by atoms with E-state index in [1.54, 1.807) is 22.0 Å². The van der Waals surface area contributed by atoms with Crippen molar-refractivity contribution in [3.8, 4) is 11.3 Å². The number of nitrogens with zero attached hydrogens (tertiary/aromatic N) is 4. The summed E-state index contributed by atoms with van der Waals surface area (Å²) in [7, 11) is 2.03. The van der Waals surface area contributed by atoms with Gasteiger partial charge in [0.05, 0.1) is 11.3 Å². The second kappa shape index (κ2) is 6.89. The molecule has 148 valence electrons. The van der Waals surface area contributed by atoms with Gasteiger partial charge in [0.2, 0.25) is 0 Å². The van der Waals surface area contributed by atoms with Crippen LogP contribution in [0.25, 0.3) is 16.2 Å². The summed E-state index contributed by atoms with van der Waals surface area (Å²) >= 11 is 1.30. The molecule has 3 heterocycles. The number of alkyl halides is 3. The second-order valence-corrected chi connectivity index (χ2v) is 7.90. The summed E-state index contributed by atoms with van der Waals surface area (Å²) < 4.78 is 40.6. The molecule has 1 saturated heterocycles. The number of aromatic nitrogens is 2. The van der Waals surface area contributed by atoms with E-state index in [0.717, 1.165) is 18.7 Å². The van der Waals surface area contributed by atoms with Crippen LogP contribution >= 0.6 is 11.3 Å². The molecule has 0 bridgehead atoms. The molecule has 5 nitrogen and oxygen atoms in total. The predicted molar refractivity (Wildman–Crippen MR) is 102 cm³/mol. The van der Waals surface area contributed by atoms with Crippen LogP contribution in [0.4, 0.5) is 13.2 Å². The lowest BCUT2D eigenvalue weighted by Crippen LogP contribution is -2.52. The van der Waals surface area contributed by atoms with Crippen molar-refractivity contribution in [2.45, 2.75) is 19.1 Å². The van der Waals surface area contributed by atoms with Crippen molar-refractivity contribution in [2.75, 3.05) is 26.7 Å². The molecule has 2 aromatic heterocycles. The Morgan fingerprint density at radius 3 is 2.79 bits per heavy atom. The molecule has 1 aliphatic heterocycles. The summed E-state index contributed by atoms with van der Waals surface area (Å²) in [6.07, 6.45) is -2.78. The maximum atomic E-state index is 13.0. The molecule has 0 unspecified atom stereocenters. The smallest absolute Gasteiger partial charge is 0.334 e. The molecule has 28 heavy (non-hydrogen) atoms. The van der Waals surface area contributed by atoms with Crippen molar-refractivity contribution in [3.63, 3.8) is 0 Å². The number of imidazole rings is 1. The van der Waals surface area contributed by atoms with E-state index in [9.17, 15) is 18.0 Å². The lowest BCUT2D eigenvalue weighted by molar-refractivity contribution is -0.137. The zero-order chi connectivity index (χ0) is 20.1. The number of hydrogen-bond donors (Lipinski definition) is 0. The lowest BCUT2D eigenvalue weighted by atomic mass is 10.1. The average molecular weight is 408 g/mol. The van der Waals surface area contributed by atoms with Crippen molar-refractivity contribution in [2.24, 2.45) is 0 Å². The summed E-state index contributed by atoms with van der Waals surface area (Å²) in [6, 6.07) is 5.34. The van der Waals surface area contributed by atoms with E-state index in [2.05, 4.69) is 16.8 Å². The van der Waals surface area contributed by atoms with Crippen LogP contribution in [0.1, 0.15) is 23.0 Å². The van der Waals surface area contributed by atoms with E-state index in [0.29, 0.717) is 35.0 Å². The third-order valence-electron chi connectivity index (χ3n) is 5.16. The standard InChI is InChI=1S/C19H19F3N4OS/c1-12-9-25(7-6-24(12)2)17(27)16-11-28-18-23-15(10-26(16)18)13-4-3-5-14(8-13)19(20,21)22/h3-5,8,10-12H,6-7,9H2,1-2H3/t12-/m1/s1. The molecule has 1 fully saturated rings. The molecule has 0 radical (unpaired) electrons. The van der Waals surface area contributed by atoms with Crippen LogP contribution in [-0.2, 0) is 6.18 Å². The second-order valence-electron chi connectivity index (χ2n) is 7.06. The number of amides is 1. The molecule has 1 atom stereocenters. The number of carbonyl (C=O) groups excluding carboxylic acids is 1. The Kier molecular flexibility index (Phi) is 4.67. The number of thiazole rings is 1. The number of likely N-dealkylation sites (N-methyl/N-ethyl adjacent to an activating group) is 1. The van der Waals surface area contributed by atoms with Crippen LogP contribution in [0, 0.1) is 0 Å². The summed E-state index contributed by atoms with van der Waals surface area (Å²) in [4.78, 5) is 22.0. The van der Waals surface area contributed by atoms with Gasteiger partial charge in [0.25, 0.3) is 5.91 Å². The maximum Gasteiger partial charge on any atom is 0.416 e. The molecule has 1 aliphatic rings. The fraction of sp³-hybridized carbons (Fsp3) is 0.368. The highest BCUT2D eigenvalue weighted by Crippen LogP contribution is 2.32. The van der Waals surface area contributed by atoms with Gasteiger partial charge in [-0.05, 0) is 26.1 Å². The molecule has 0 saturated carbocycles. The minimum Gasteiger partial charge on any atom is -0.334 e. The first-order valence-electron chi connectivity index (χ1n) is 8.88. The van der Waals surface area contributed by atoms with E-state index in [4.69, 9.17) is 0 Å². The highest BCUT2D eigenvalue weighted by Gasteiger charge is 2.31. The zero-order valence-electron chi connectivity index (χ0n) is 15.4. The van der Waals surface area contributed by atoms with Gasteiger partial charge in [0.1, 0.15) is 5.69 Å². The fourth-order valence-corrected chi connectivity index (χ4v) is 4.17. The summed E-state index contributed by atoms with van der Waals surface area (Å²) in [5, 5.41) is 1.75. The van der Waals surface area contributed by atoms with Gasteiger partial charge in [-0.2, -0.15) is 13.2 Å². The normalized spacial score (nSPS) is 18.8. The Balaban J connectivity index is 1.65. The lowest BCUT2D eigenvalue weighted by Gasteiger charge is -2.37. The first-order valence-corrected chi connectivity index (χ1v) is 9.76. The number of piperazine rings is 1. The molecule has 1 aromatic carbocycles. The average Bonchev–Trinajstić information content (AvgIpc) is 3.23. The topological polar surface area (TPSA) is 40.9 Å². The quantitative estimate of drug-likeness (QED) is 0.647. The molecular weight excluding hydrogens is 389 g/mol. The van der Waals surface area contributed by atoms with Gasteiger partial charge in [-0.25, -0.2) is 4.98 Å². The summed E-state index contributed by atoms with van der Waals surface area (Å²) in [5.41, 5.74) is 0.558. The Hall–Kier alpha value is -2.39. The van der Waals surface area contributed by atoms with Crippen LogP contribution in [0.3, 0.4) is 0 Å². The Bertz CT molecular complexity index is 1030. The van der Waals surface area contributed by atoms with Crippen LogP contribution in [0.2, 0.25) is 0 Å². The Morgan fingerprint density at radius 1 is 1.29 bits per heavy atom. The van der Waals surface area contributed by atoms with Crippen molar-refractivity contribution in [1.29, 1.82) is 0 Å². The number of carbonyl (C=O) groups is 1. The molecule has 9 heteroatoms. The van der Waals surface area contributed by atoms with Crippen LogP contribution in [0.15, 0.2) is 35.8 Å². The highest BCUT2D eigenvalue weighted by molar-refractivity contribution is 7.15. The van der Waals surface area contributed by atoms with Crippen LogP contribution in [0.5, 0.6) is 0 Å². The molecule has 3 aromatic rings. The van der Waals surface area contributed by atoms with Crippen LogP contribution < -0.4 is 0 Å². The minimum absolute atomic E-state index is 0.0841. The van der Waals surface area contributed by atoms with E-state index in [1.807, 2.05) is 11.9 Å². The summed E-state index contributed by atoms with van der Waals surface area (Å²) in [5.74, 6) is -0.0841. The van der Waals surface area contributed by atoms with Gasteiger partial charge in [-0.15, -0.1) is 11.3 Å². The first-order chi connectivity index (χ1) is 13.2. The van der Waals surface area contributed by atoms with Crippen molar-refractivity contribution < 1.29 is 18.0 Å². The van der Waals surface area contributed by atoms with Gasteiger partial charge < -0.3 is 9.80 Å². The molecule has 0 spiro atoms. The number of fused-ring (bicyclic) bond motifs is 1. The maximum absolute atomic E-state index is 13.0. The number of halogens is 3. The van der Waals surface area contributed by atoms with E-state index >= 15 is 0 Å². The third kappa shape index (κ3) is 3.40. The molecule has 4 rings (SSSR count). The fourth-order valence-electron chi connectivity index (χ4n) is 3.33. The Labute approximate surface area is 164 Å². The van der Waals surface area contributed by atoms with E-state index in [1.165, 1.54) is 17.4 Å². The summed E-state index contributed by atoms with van der Waals surface area (Å²) in [6.45, 7) is 4.17. The molecule has 0 aliphatic carbocycles. The number of benzene rings is 1. The number of rotatable bonds is 2. The predicted octanol–water partition coefficient (Wildman–Crippen LogP) is 3.86. The van der Waals surface area contributed by atoms with Crippen molar-refractivity contribution >= 4 is 22.2 Å². The van der Waals surface area contributed by atoms with Gasteiger partial charge in [0, 0.05) is 42.8 Å². The molecule has 1 amide bonds. The molecule has 0 N–H and O–H groups in total. The highest BCUT2D eigenvalue weighted by atomic mass is 32.1. The van der Waals surface area contributed by atoms with Gasteiger partial charge in [-0.3, -0.25) is 9.20 Å².